The van der Waals surface area contributed by atoms with Crippen molar-refractivity contribution in [2.75, 3.05) is 33.2 Å². The lowest BCUT2D eigenvalue weighted by atomic mass is 9.77. The molecule has 2 aliphatic rings. The molecule has 2 aliphatic heterocycles. The van der Waals surface area contributed by atoms with E-state index in [9.17, 15) is 14.9 Å². The lowest BCUT2D eigenvalue weighted by Crippen LogP contribution is -2.44. The lowest BCUT2D eigenvalue weighted by Gasteiger charge is -2.39. The smallest absolute Gasteiger partial charge is 0.273 e. The number of amides is 1. The second kappa shape index (κ2) is 5.92. The summed E-state index contributed by atoms with van der Waals surface area (Å²) in [6.45, 7) is 5.43. The molecule has 0 unspecified atom stereocenters. The third-order valence-electron chi connectivity index (χ3n) is 5.39. The Morgan fingerprint density at radius 2 is 1.87 bits per heavy atom. The van der Waals surface area contributed by atoms with E-state index in [1.54, 1.807) is 19.1 Å². The highest BCUT2D eigenvalue weighted by molar-refractivity contribution is 5.95. The van der Waals surface area contributed by atoms with Crippen LogP contribution in [0.3, 0.4) is 0 Å². The highest BCUT2D eigenvalue weighted by atomic mass is 16.6. The molecule has 6 heteroatoms. The number of rotatable bonds is 2. The first-order chi connectivity index (χ1) is 10.9. The summed E-state index contributed by atoms with van der Waals surface area (Å²) >= 11 is 0. The summed E-state index contributed by atoms with van der Waals surface area (Å²) in [5.41, 5.74) is 1.38. The molecule has 1 spiro atoms. The number of hydrogen-bond donors (Lipinski definition) is 0. The van der Waals surface area contributed by atoms with Gasteiger partial charge >= 0.3 is 0 Å². The van der Waals surface area contributed by atoms with Crippen LogP contribution in [-0.4, -0.2) is 53.9 Å². The predicted octanol–water partition coefficient (Wildman–Crippen LogP) is 2.46. The van der Waals surface area contributed by atoms with Gasteiger partial charge in [0.15, 0.2) is 0 Å². The lowest BCUT2D eigenvalue weighted by molar-refractivity contribution is -0.385. The van der Waals surface area contributed by atoms with Gasteiger partial charge in [0.1, 0.15) is 0 Å². The monoisotopic (exact) mass is 317 g/mol. The molecule has 0 atom stereocenters. The van der Waals surface area contributed by atoms with Gasteiger partial charge in [-0.25, -0.2) is 0 Å². The molecule has 0 bridgehead atoms. The maximum atomic E-state index is 12.6. The largest absolute Gasteiger partial charge is 0.339 e. The summed E-state index contributed by atoms with van der Waals surface area (Å²) < 4.78 is 0. The van der Waals surface area contributed by atoms with Gasteiger partial charge in [-0.15, -0.1) is 0 Å². The molecule has 1 aromatic carbocycles. The molecule has 0 aromatic heterocycles. The molecular weight excluding hydrogens is 294 g/mol. The first kappa shape index (κ1) is 15.9. The average molecular weight is 317 g/mol. The van der Waals surface area contributed by atoms with Gasteiger partial charge in [-0.05, 0) is 51.3 Å². The summed E-state index contributed by atoms with van der Waals surface area (Å²) in [5.74, 6) is -0.0886. The van der Waals surface area contributed by atoms with Crippen molar-refractivity contribution >= 4 is 11.6 Å². The summed E-state index contributed by atoms with van der Waals surface area (Å²) in [5, 5.41) is 11.0. The van der Waals surface area contributed by atoms with E-state index < -0.39 is 4.92 Å². The third-order valence-corrected chi connectivity index (χ3v) is 5.39. The van der Waals surface area contributed by atoms with Gasteiger partial charge in [0.05, 0.1) is 4.92 Å². The molecule has 0 saturated carbocycles. The molecule has 1 aromatic rings. The second-order valence-electron chi connectivity index (χ2n) is 7.04. The molecular formula is C17H23N3O3. The zero-order valence-corrected chi connectivity index (χ0v) is 13.7. The molecule has 23 heavy (non-hydrogen) atoms. The minimum atomic E-state index is -0.425. The topological polar surface area (TPSA) is 66.7 Å². The van der Waals surface area contributed by atoms with Gasteiger partial charge in [0.25, 0.3) is 11.6 Å². The van der Waals surface area contributed by atoms with Crippen LogP contribution in [0.25, 0.3) is 0 Å². The Hall–Kier alpha value is -1.95. The van der Waals surface area contributed by atoms with Crippen molar-refractivity contribution in [2.45, 2.75) is 26.2 Å². The summed E-state index contributed by atoms with van der Waals surface area (Å²) in [4.78, 5) is 27.5. The highest BCUT2D eigenvalue weighted by Crippen LogP contribution is 2.40. The fourth-order valence-electron chi connectivity index (χ4n) is 3.87. The Kier molecular flexibility index (Phi) is 4.10. The Bertz CT molecular complexity index is 636. The van der Waals surface area contributed by atoms with Crippen molar-refractivity contribution < 1.29 is 9.72 Å². The van der Waals surface area contributed by atoms with E-state index in [4.69, 9.17) is 0 Å². The minimum Gasteiger partial charge on any atom is -0.339 e. The number of hydrogen-bond acceptors (Lipinski definition) is 4. The maximum absolute atomic E-state index is 12.6. The summed E-state index contributed by atoms with van der Waals surface area (Å²) in [7, 11) is 2.15. The van der Waals surface area contributed by atoms with Crippen molar-refractivity contribution in [3.8, 4) is 0 Å². The van der Waals surface area contributed by atoms with Crippen LogP contribution in [0.5, 0.6) is 0 Å². The second-order valence-corrected chi connectivity index (χ2v) is 7.04. The maximum Gasteiger partial charge on any atom is 0.273 e. The number of nitro benzene ring substituents is 1. The van der Waals surface area contributed by atoms with Crippen molar-refractivity contribution in [3.63, 3.8) is 0 Å². The van der Waals surface area contributed by atoms with Gasteiger partial charge in [0.2, 0.25) is 0 Å². The zero-order chi connectivity index (χ0) is 16.6. The molecule has 0 aliphatic carbocycles. The quantitative estimate of drug-likeness (QED) is 0.621. The van der Waals surface area contributed by atoms with Crippen LogP contribution >= 0.6 is 0 Å². The Balaban J connectivity index is 1.70. The number of likely N-dealkylation sites (tertiary alicyclic amines) is 2. The number of aryl methyl sites for hydroxylation is 1. The van der Waals surface area contributed by atoms with Crippen LogP contribution in [0.1, 0.15) is 35.2 Å². The Labute approximate surface area is 136 Å². The van der Waals surface area contributed by atoms with Gasteiger partial charge in [-0.1, -0.05) is 6.07 Å². The molecule has 6 nitrogen and oxygen atoms in total. The standard InChI is InChI=1S/C17H23N3O3/c1-13-3-4-14(11-15(13)20(22)23)16(21)19-9-6-17(7-10-19)5-8-18(2)12-17/h3-4,11H,5-10,12H2,1-2H3. The van der Waals surface area contributed by atoms with Crippen molar-refractivity contribution in [1.82, 2.24) is 9.80 Å². The van der Waals surface area contributed by atoms with Gasteiger partial charge in [0, 0.05) is 36.8 Å². The fraction of sp³-hybridized carbons (Fsp3) is 0.588. The van der Waals surface area contributed by atoms with E-state index in [0.717, 1.165) is 39.0 Å². The number of piperidine rings is 1. The Morgan fingerprint density at radius 3 is 2.43 bits per heavy atom. The van der Waals surface area contributed by atoms with Crippen LogP contribution in [0.2, 0.25) is 0 Å². The van der Waals surface area contributed by atoms with Gasteiger partial charge < -0.3 is 9.80 Å². The molecule has 1 amide bonds. The molecule has 124 valence electrons. The number of nitro groups is 1. The summed E-state index contributed by atoms with van der Waals surface area (Å²) in [6, 6.07) is 4.76. The first-order valence-corrected chi connectivity index (χ1v) is 8.13. The molecule has 2 saturated heterocycles. The van der Waals surface area contributed by atoms with E-state index in [1.807, 2.05) is 4.90 Å². The fourth-order valence-corrected chi connectivity index (χ4v) is 3.87. The van der Waals surface area contributed by atoms with E-state index in [1.165, 1.54) is 12.5 Å². The van der Waals surface area contributed by atoms with Crippen LogP contribution in [0, 0.1) is 22.5 Å². The van der Waals surface area contributed by atoms with E-state index in [0.29, 0.717) is 16.5 Å². The zero-order valence-electron chi connectivity index (χ0n) is 13.7. The van der Waals surface area contributed by atoms with Crippen LogP contribution in [0.4, 0.5) is 5.69 Å². The van der Waals surface area contributed by atoms with Crippen molar-refractivity contribution in [3.05, 3.63) is 39.4 Å². The molecule has 2 fully saturated rings. The number of carbonyl (C=O) groups excluding carboxylic acids is 1. The summed E-state index contributed by atoms with van der Waals surface area (Å²) in [6.07, 6.45) is 3.26. The minimum absolute atomic E-state index is 0.0155. The predicted molar refractivity (Wildman–Crippen MR) is 87.5 cm³/mol. The highest BCUT2D eigenvalue weighted by Gasteiger charge is 2.40. The molecule has 3 rings (SSSR count). The molecule has 2 heterocycles. The van der Waals surface area contributed by atoms with Crippen LogP contribution in [-0.2, 0) is 0 Å². The van der Waals surface area contributed by atoms with Crippen molar-refractivity contribution in [1.29, 1.82) is 0 Å². The van der Waals surface area contributed by atoms with Gasteiger partial charge in [-0.2, -0.15) is 0 Å². The van der Waals surface area contributed by atoms with E-state index in [-0.39, 0.29) is 11.6 Å². The number of nitrogens with zero attached hydrogens (tertiary/aromatic N) is 3. The van der Waals surface area contributed by atoms with E-state index >= 15 is 0 Å². The van der Waals surface area contributed by atoms with Crippen LogP contribution in [0.15, 0.2) is 18.2 Å². The first-order valence-electron chi connectivity index (χ1n) is 8.13. The normalized spacial score (nSPS) is 20.9. The van der Waals surface area contributed by atoms with Gasteiger partial charge in [-0.3, -0.25) is 14.9 Å². The molecule has 0 radical (unpaired) electrons. The number of carbonyl (C=O) groups is 1. The Morgan fingerprint density at radius 1 is 1.22 bits per heavy atom. The SMILES string of the molecule is Cc1ccc(C(=O)N2CCC3(CCN(C)C3)CC2)cc1[N+](=O)[O-]. The third kappa shape index (κ3) is 3.08. The number of benzene rings is 1. The van der Waals surface area contributed by atoms with Crippen molar-refractivity contribution in [2.24, 2.45) is 5.41 Å². The van der Waals surface area contributed by atoms with Crippen LogP contribution < -0.4 is 0 Å². The average Bonchev–Trinajstić information content (AvgIpc) is 2.88. The molecule has 0 N–H and O–H groups in total. The van der Waals surface area contributed by atoms with E-state index in [2.05, 4.69) is 11.9 Å².